The molecule has 0 fully saturated rings. The van der Waals surface area contributed by atoms with Gasteiger partial charge in [0.1, 0.15) is 11.5 Å². The second kappa shape index (κ2) is 6.33. The molecule has 2 aromatic carbocycles. The van der Waals surface area contributed by atoms with Crippen molar-refractivity contribution in [1.29, 1.82) is 0 Å². The molecule has 3 nitrogen and oxygen atoms in total. The van der Waals surface area contributed by atoms with E-state index in [0.717, 1.165) is 22.7 Å². The SMILES string of the molecule is COc1ccc(OC)c(CNc2cccc(C)c2C)c1. The summed E-state index contributed by atoms with van der Waals surface area (Å²) < 4.78 is 10.7. The van der Waals surface area contributed by atoms with Crippen LogP contribution in [0.1, 0.15) is 16.7 Å². The van der Waals surface area contributed by atoms with Crippen LogP contribution in [-0.2, 0) is 6.54 Å². The van der Waals surface area contributed by atoms with Crippen molar-refractivity contribution >= 4 is 5.69 Å². The Morgan fingerprint density at radius 2 is 1.80 bits per heavy atom. The molecule has 0 unspecified atom stereocenters. The zero-order valence-electron chi connectivity index (χ0n) is 12.5. The Hall–Kier alpha value is -2.16. The fraction of sp³-hybridized carbons (Fsp3) is 0.294. The van der Waals surface area contributed by atoms with Gasteiger partial charge in [-0.2, -0.15) is 0 Å². The van der Waals surface area contributed by atoms with E-state index in [1.54, 1.807) is 14.2 Å². The third-order valence-electron chi connectivity index (χ3n) is 3.56. The predicted octanol–water partition coefficient (Wildman–Crippen LogP) is 3.93. The molecule has 0 saturated carbocycles. The minimum Gasteiger partial charge on any atom is -0.497 e. The molecule has 0 amide bonds. The van der Waals surface area contributed by atoms with Gasteiger partial charge in [0.2, 0.25) is 0 Å². The second-order valence-corrected chi connectivity index (χ2v) is 4.78. The van der Waals surface area contributed by atoms with E-state index >= 15 is 0 Å². The maximum absolute atomic E-state index is 5.39. The number of nitrogens with one attached hydrogen (secondary N) is 1. The second-order valence-electron chi connectivity index (χ2n) is 4.78. The van der Waals surface area contributed by atoms with Crippen molar-refractivity contribution in [2.24, 2.45) is 0 Å². The minimum atomic E-state index is 0.699. The normalized spacial score (nSPS) is 10.2. The van der Waals surface area contributed by atoms with E-state index in [9.17, 15) is 0 Å². The van der Waals surface area contributed by atoms with Crippen LogP contribution in [0.5, 0.6) is 11.5 Å². The van der Waals surface area contributed by atoms with E-state index in [4.69, 9.17) is 9.47 Å². The average Bonchev–Trinajstić information content (AvgIpc) is 2.48. The number of methoxy groups -OCH3 is 2. The van der Waals surface area contributed by atoms with Gasteiger partial charge in [0.15, 0.2) is 0 Å². The first-order valence-corrected chi connectivity index (χ1v) is 6.66. The van der Waals surface area contributed by atoms with Crippen molar-refractivity contribution in [2.45, 2.75) is 20.4 Å². The highest BCUT2D eigenvalue weighted by molar-refractivity contribution is 5.54. The summed E-state index contributed by atoms with van der Waals surface area (Å²) in [6.07, 6.45) is 0. The van der Waals surface area contributed by atoms with Gasteiger partial charge in [-0.3, -0.25) is 0 Å². The molecule has 0 bridgehead atoms. The zero-order valence-corrected chi connectivity index (χ0v) is 12.5. The molecule has 0 aromatic heterocycles. The first kappa shape index (κ1) is 14.3. The zero-order chi connectivity index (χ0) is 14.5. The molecular formula is C17H21NO2. The molecule has 0 aliphatic rings. The van der Waals surface area contributed by atoms with Crippen LogP contribution < -0.4 is 14.8 Å². The molecule has 106 valence electrons. The van der Waals surface area contributed by atoms with Crippen LogP contribution in [0, 0.1) is 13.8 Å². The maximum Gasteiger partial charge on any atom is 0.124 e. The number of anilines is 1. The molecule has 1 N–H and O–H groups in total. The van der Waals surface area contributed by atoms with E-state index in [0.29, 0.717) is 6.54 Å². The molecule has 0 spiro atoms. The fourth-order valence-corrected chi connectivity index (χ4v) is 2.15. The Bertz CT molecular complexity index is 594. The lowest BCUT2D eigenvalue weighted by Gasteiger charge is -2.14. The number of hydrogen-bond acceptors (Lipinski definition) is 3. The summed E-state index contributed by atoms with van der Waals surface area (Å²) in [7, 11) is 3.35. The van der Waals surface area contributed by atoms with Crippen LogP contribution in [0.2, 0.25) is 0 Å². The lowest BCUT2D eigenvalue weighted by molar-refractivity contribution is 0.399. The van der Waals surface area contributed by atoms with Gasteiger partial charge in [-0.05, 0) is 49.2 Å². The quantitative estimate of drug-likeness (QED) is 0.893. The minimum absolute atomic E-state index is 0.699. The van der Waals surface area contributed by atoms with E-state index in [1.165, 1.54) is 11.1 Å². The molecule has 0 atom stereocenters. The van der Waals surface area contributed by atoms with Gasteiger partial charge in [0.05, 0.1) is 14.2 Å². The average molecular weight is 271 g/mol. The first-order valence-electron chi connectivity index (χ1n) is 6.66. The molecular weight excluding hydrogens is 250 g/mol. The Morgan fingerprint density at radius 3 is 2.50 bits per heavy atom. The fourth-order valence-electron chi connectivity index (χ4n) is 2.15. The number of hydrogen-bond donors (Lipinski definition) is 1. The maximum atomic E-state index is 5.39. The monoisotopic (exact) mass is 271 g/mol. The highest BCUT2D eigenvalue weighted by Gasteiger charge is 2.06. The molecule has 3 heteroatoms. The van der Waals surface area contributed by atoms with Gasteiger partial charge in [-0.1, -0.05) is 12.1 Å². The largest absolute Gasteiger partial charge is 0.497 e. The van der Waals surface area contributed by atoms with Crippen molar-refractivity contribution in [2.75, 3.05) is 19.5 Å². The van der Waals surface area contributed by atoms with Gasteiger partial charge < -0.3 is 14.8 Å². The van der Waals surface area contributed by atoms with Gasteiger partial charge in [0.25, 0.3) is 0 Å². The topological polar surface area (TPSA) is 30.5 Å². The van der Waals surface area contributed by atoms with Crippen molar-refractivity contribution in [3.63, 3.8) is 0 Å². The van der Waals surface area contributed by atoms with Crippen molar-refractivity contribution in [3.05, 3.63) is 53.1 Å². The van der Waals surface area contributed by atoms with Gasteiger partial charge >= 0.3 is 0 Å². The summed E-state index contributed by atoms with van der Waals surface area (Å²) in [5.74, 6) is 1.70. The Morgan fingerprint density at radius 1 is 1.00 bits per heavy atom. The van der Waals surface area contributed by atoms with Crippen molar-refractivity contribution in [1.82, 2.24) is 0 Å². The molecule has 0 radical (unpaired) electrons. The van der Waals surface area contributed by atoms with E-state index in [-0.39, 0.29) is 0 Å². The summed E-state index contributed by atoms with van der Waals surface area (Å²) in [5, 5.41) is 3.46. The van der Waals surface area contributed by atoms with Crippen LogP contribution in [0.15, 0.2) is 36.4 Å². The smallest absolute Gasteiger partial charge is 0.124 e. The molecule has 0 aliphatic carbocycles. The predicted molar refractivity (Wildman–Crippen MR) is 82.8 cm³/mol. The number of benzene rings is 2. The highest BCUT2D eigenvalue weighted by atomic mass is 16.5. The molecule has 2 aromatic rings. The molecule has 0 heterocycles. The first-order chi connectivity index (χ1) is 9.65. The summed E-state index contributed by atoms with van der Waals surface area (Å²) in [6.45, 7) is 4.94. The summed E-state index contributed by atoms with van der Waals surface area (Å²) in [4.78, 5) is 0. The van der Waals surface area contributed by atoms with Crippen LogP contribution >= 0.6 is 0 Å². The standard InChI is InChI=1S/C17H21NO2/c1-12-6-5-7-16(13(12)2)18-11-14-10-15(19-3)8-9-17(14)20-4/h5-10,18H,11H2,1-4H3. The van der Waals surface area contributed by atoms with Crippen LogP contribution in [0.4, 0.5) is 5.69 Å². The lowest BCUT2D eigenvalue weighted by atomic mass is 10.1. The molecule has 0 aliphatic heterocycles. The van der Waals surface area contributed by atoms with Gasteiger partial charge in [-0.15, -0.1) is 0 Å². The number of aryl methyl sites for hydroxylation is 1. The van der Waals surface area contributed by atoms with Gasteiger partial charge in [0, 0.05) is 17.8 Å². The van der Waals surface area contributed by atoms with Crippen LogP contribution in [0.25, 0.3) is 0 Å². The van der Waals surface area contributed by atoms with Gasteiger partial charge in [-0.25, -0.2) is 0 Å². The summed E-state index contributed by atoms with van der Waals surface area (Å²) >= 11 is 0. The van der Waals surface area contributed by atoms with E-state index in [1.807, 2.05) is 18.2 Å². The third-order valence-corrected chi connectivity index (χ3v) is 3.56. The molecule has 0 saturated heterocycles. The summed E-state index contributed by atoms with van der Waals surface area (Å²) in [5.41, 5.74) is 4.78. The highest BCUT2D eigenvalue weighted by Crippen LogP contribution is 2.26. The third kappa shape index (κ3) is 3.05. The van der Waals surface area contributed by atoms with Crippen LogP contribution in [0.3, 0.4) is 0 Å². The number of rotatable bonds is 5. The lowest BCUT2D eigenvalue weighted by Crippen LogP contribution is -2.04. The van der Waals surface area contributed by atoms with E-state index in [2.05, 4.69) is 37.4 Å². The van der Waals surface area contributed by atoms with Crippen LogP contribution in [-0.4, -0.2) is 14.2 Å². The molecule has 2 rings (SSSR count). The summed E-state index contributed by atoms with van der Waals surface area (Å²) in [6, 6.07) is 12.1. The molecule has 20 heavy (non-hydrogen) atoms. The number of ether oxygens (including phenoxy) is 2. The van der Waals surface area contributed by atoms with E-state index < -0.39 is 0 Å². The van der Waals surface area contributed by atoms with Crippen molar-refractivity contribution < 1.29 is 9.47 Å². The Balaban J connectivity index is 2.19. The van der Waals surface area contributed by atoms with Crippen molar-refractivity contribution in [3.8, 4) is 11.5 Å². The Labute approximate surface area is 120 Å². The Kier molecular flexibility index (Phi) is 4.51.